The molecule has 2 aromatic rings. The average Bonchev–Trinajstić information content (AvgIpc) is 2.99. The Hall–Kier alpha value is -1.42. The fourth-order valence-corrected chi connectivity index (χ4v) is 3.51. The van der Waals surface area contributed by atoms with E-state index in [-0.39, 0.29) is 5.79 Å². The van der Waals surface area contributed by atoms with Gasteiger partial charge in [-0.2, -0.15) is 0 Å². The van der Waals surface area contributed by atoms with Crippen molar-refractivity contribution in [3.8, 4) is 0 Å². The van der Waals surface area contributed by atoms with E-state index in [2.05, 4.69) is 47.4 Å². The van der Waals surface area contributed by atoms with Crippen LogP contribution in [0.15, 0.2) is 42.5 Å². The normalized spacial score (nSPS) is 22.1. The van der Waals surface area contributed by atoms with Crippen LogP contribution in [0, 0.1) is 0 Å². The highest BCUT2D eigenvalue weighted by Gasteiger charge is 2.39. The average molecular weight is 283 g/mol. The largest absolute Gasteiger partial charge is 0.347 e. The Morgan fingerprint density at radius 2 is 1.62 bits per heavy atom. The van der Waals surface area contributed by atoms with Crippen molar-refractivity contribution in [2.45, 2.75) is 25.2 Å². The van der Waals surface area contributed by atoms with Gasteiger partial charge >= 0.3 is 0 Å². The number of hydrogen-bond donors (Lipinski definition) is 0. The molecular formula is C18H21NO2. The Labute approximate surface area is 125 Å². The minimum Gasteiger partial charge on any atom is -0.347 e. The van der Waals surface area contributed by atoms with E-state index in [1.165, 1.54) is 16.3 Å². The Kier molecular flexibility index (Phi) is 3.42. The zero-order valence-corrected chi connectivity index (χ0v) is 12.3. The van der Waals surface area contributed by atoms with E-state index < -0.39 is 0 Å². The zero-order valence-electron chi connectivity index (χ0n) is 12.3. The minimum absolute atomic E-state index is 0.269. The van der Waals surface area contributed by atoms with Gasteiger partial charge in [-0.3, -0.25) is 4.90 Å². The summed E-state index contributed by atoms with van der Waals surface area (Å²) in [6.45, 7) is 4.61. The van der Waals surface area contributed by atoms with Crippen LogP contribution in [0.25, 0.3) is 10.8 Å². The standard InChI is InChI=1S/C18H21NO2/c1-2-7-17-15(4-1)5-3-6-16(17)14-19-10-8-18(9-11-19)20-12-13-21-18/h1-7H,8-14H2. The molecule has 1 spiro atoms. The van der Waals surface area contributed by atoms with E-state index in [1.807, 2.05) is 0 Å². The van der Waals surface area contributed by atoms with Gasteiger partial charge in [0, 0.05) is 32.5 Å². The third-order valence-corrected chi connectivity index (χ3v) is 4.71. The van der Waals surface area contributed by atoms with Crippen LogP contribution in [0.5, 0.6) is 0 Å². The molecule has 2 saturated heterocycles. The van der Waals surface area contributed by atoms with E-state index in [1.54, 1.807) is 0 Å². The van der Waals surface area contributed by atoms with Crippen LogP contribution in [0.3, 0.4) is 0 Å². The molecule has 0 amide bonds. The maximum Gasteiger partial charge on any atom is 0.170 e. The van der Waals surface area contributed by atoms with Gasteiger partial charge in [-0.15, -0.1) is 0 Å². The molecule has 0 bridgehead atoms. The molecule has 3 nitrogen and oxygen atoms in total. The van der Waals surface area contributed by atoms with Gasteiger partial charge in [0.05, 0.1) is 13.2 Å². The van der Waals surface area contributed by atoms with Crippen LogP contribution in [-0.2, 0) is 16.0 Å². The minimum atomic E-state index is -0.269. The van der Waals surface area contributed by atoms with Crippen LogP contribution >= 0.6 is 0 Å². The first kappa shape index (κ1) is 13.3. The molecule has 3 heteroatoms. The molecule has 2 fully saturated rings. The summed E-state index contributed by atoms with van der Waals surface area (Å²) >= 11 is 0. The number of benzene rings is 2. The first-order valence-electron chi connectivity index (χ1n) is 7.82. The molecule has 0 radical (unpaired) electrons. The van der Waals surface area contributed by atoms with Gasteiger partial charge < -0.3 is 9.47 Å². The van der Waals surface area contributed by atoms with Crippen molar-refractivity contribution in [1.82, 2.24) is 4.90 Å². The van der Waals surface area contributed by atoms with Crippen molar-refractivity contribution in [2.24, 2.45) is 0 Å². The number of ether oxygens (including phenoxy) is 2. The molecule has 2 heterocycles. The number of likely N-dealkylation sites (tertiary alicyclic amines) is 1. The predicted molar refractivity (Wildman–Crippen MR) is 83.1 cm³/mol. The summed E-state index contributed by atoms with van der Waals surface area (Å²) in [5.41, 5.74) is 1.41. The van der Waals surface area contributed by atoms with Gasteiger partial charge in [0.2, 0.25) is 0 Å². The highest BCUT2D eigenvalue weighted by atomic mass is 16.7. The number of hydrogen-bond acceptors (Lipinski definition) is 3. The first-order chi connectivity index (χ1) is 10.3. The predicted octanol–water partition coefficient (Wildman–Crippen LogP) is 3.18. The monoisotopic (exact) mass is 283 g/mol. The Bertz CT molecular complexity index is 619. The van der Waals surface area contributed by atoms with Crippen LogP contribution < -0.4 is 0 Å². The van der Waals surface area contributed by atoms with Crippen molar-refractivity contribution in [3.63, 3.8) is 0 Å². The molecule has 0 unspecified atom stereocenters. The molecular weight excluding hydrogens is 262 g/mol. The van der Waals surface area contributed by atoms with E-state index >= 15 is 0 Å². The summed E-state index contributed by atoms with van der Waals surface area (Å²) in [6, 6.07) is 15.2. The van der Waals surface area contributed by atoms with Gasteiger partial charge in [-0.25, -0.2) is 0 Å². The summed E-state index contributed by atoms with van der Waals surface area (Å²) in [6.07, 6.45) is 1.97. The SMILES string of the molecule is c1ccc2c(CN3CCC4(CC3)OCCO4)cccc2c1. The number of piperidine rings is 1. The summed E-state index contributed by atoms with van der Waals surface area (Å²) in [4.78, 5) is 2.51. The van der Waals surface area contributed by atoms with Crippen molar-refractivity contribution in [3.05, 3.63) is 48.0 Å². The maximum atomic E-state index is 5.80. The Morgan fingerprint density at radius 3 is 2.43 bits per heavy atom. The molecule has 21 heavy (non-hydrogen) atoms. The molecule has 0 N–H and O–H groups in total. The molecule has 0 aromatic heterocycles. The number of rotatable bonds is 2. The lowest BCUT2D eigenvalue weighted by Crippen LogP contribution is -2.44. The third-order valence-electron chi connectivity index (χ3n) is 4.71. The third kappa shape index (κ3) is 2.57. The van der Waals surface area contributed by atoms with Crippen LogP contribution in [0.2, 0.25) is 0 Å². The second-order valence-electron chi connectivity index (χ2n) is 6.02. The second-order valence-corrected chi connectivity index (χ2v) is 6.02. The molecule has 2 aromatic carbocycles. The molecule has 2 aliphatic heterocycles. The number of nitrogens with zero attached hydrogens (tertiary/aromatic N) is 1. The molecule has 4 rings (SSSR count). The maximum absolute atomic E-state index is 5.80. The van der Waals surface area contributed by atoms with Crippen molar-refractivity contribution in [2.75, 3.05) is 26.3 Å². The van der Waals surface area contributed by atoms with Crippen molar-refractivity contribution >= 4 is 10.8 Å². The van der Waals surface area contributed by atoms with Crippen LogP contribution in [0.4, 0.5) is 0 Å². The van der Waals surface area contributed by atoms with Gasteiger partial charge in [-0.1, -0.05) is 42.5 Å². The van der Waals surface area contributed by atoms with E-state index in [4.69, 9.17) is 9.47 Å². The number of fused-ring (bicyclic) bond motifs is 1. The first-order valence-corrected chi connectivity index (χ1v) is 7.82. The van der Waals surface area contributed by atoms with E-state index in [9.17, 15) is 0 Å². The fourth-order valence-electron chi connectivity index (χ4n) is 3.51. The second kappa shape index (κ2) is 5.41. The van der Waals surface area contributed by atoms with Crippen molar-refractivity contribution in [1.29, 1.82) is 0 Å². The van der Waals surface area contributed by atoms with Gasteiger partial charge in [0.15, 0.2) is 5.79 Å². The lowest BCUT2D eigenvalue weighted by Gasteiger charge is -2.37. The molecule has 0 atom stereocenters. The van der Waals surface area contributed by atoms with Crippen molar-refractivity contribution < 1.29 is 9.47 Å². The molecule has 0 saturated carbocycles. The van der Waals surface area contributed by atoms with Gasteiger partial charge in [0.1, 0.15) is 0 Å². The summed E-state index contributed by atoms with van der Waals surface area (Å²) in [7, 11) is 0. The zero-order chi connectivity index (χ0) is 14.1. The quantitative estimate of drug-likeness (QED) is 0.845. The van der Waals surface area contributed by atoms with Gasteiger partial charge in [-0.05, 0) is 16.3 Å². The summed E-state index contributed by atoms with van der Waals surface area (Å²) < 4.78 is 11.6. The van der Waals surface area contributed by atoms with Crippen LogP contribution in [-0.4, -0.2) is 37.0 Å². The van der Waals surface area contributed by atoms with Gasteiger partial charge in [0.25, 0.3) is 0 Å². The smallest absolute Gasteiger partial charge is 0.170 e. The molecule has 0 aliphatic carbocycles. The lowest BCUT2D eigenvalue weighted by atomic mass is 10.0. The van der Waals surface area contributed by atoms with Crippen LogP contribution in [0.1, 0.15) is 18.4 Å². The Balaban J connectivity index is 1.49. The molecule has 110 valence electrons. The highest BCUT2D eigenvalue weighted by Crippen LogP contribution is 2.32. The molecule has 2 aliphatic rings. The highest BCUT2D eigenvalue weighted by molar-refractivity contribution is 5.85. The Morgan fingerprint density at radius 1 is 0.905 bits per heavy atom. The summed E-state index contributed by atoms with van der Waals surface area (Å²) in [5.74, 6) is -0.269. The topological polar surface area (TPSA) is 21.7 Å². The van der Waals surface area contributed by atoms with E-state index in [0.29, 0.717) is 0 Å². The fraction of sp³-hybridized carbons (Fsp3) is 0.444. The lowest BCUT2D eigenvalue weighted by molar-refractivity contribution is -0.185. The summed E-state index contributed by atoms with van der Waals surface area (Å²) in [5, 5.41) is 2.69. The van der Waals surface area contributed by atoms with E-state index in [0.717, 1.165) is 45.7 Å².